The zero-order chi connectivity index (χ0) is 17.3. The van der Waals surface area contributed by atoms with E-state index >= 15 is 0 Å². The minimum Gasteiger partial charge on any atom is -0.376 e. The van der Waals surface area contributed by atoms with Gasteiger partial charge in [-0.2, -0.15) is 5.48 Å². The summed E-state index contributed by atoms with van der Waals surface area (Å²) in [6.07, 6.45) is 1.11. The minimum absolute atomic E-state index is 0.0160. The molecule has 0 spiro atoms. The third kappa shape index (κ3) is 3.54. The predicted octanol–water partition coefficient (Wildman–Crippen LogP) is 3.65. The van der Waals surface area contributed by atoms with E-state index in [2.05, 4.69) is 45.5 Å². The van der Waals surface area contributed by atoms with Crippen molar-refractivity contribution in [3.63, 3.8) is 0 Å². The smallest absolute Gasteiger partial charge is 0.123 e. The number of hydrogen-bond donors (Lipinski definition) is 1. The molecule has 1 aromatic carbocycles. The Morgan fingerprint density at radius 1 is 1.40 bits per heavy atom. The first-order valence-electron chi connectivity index (χ1n) is 8.45. The van der Waals surface area contributed by atoms with Gasteiger partial charge in [-0.05, 0) is 34.8 Å². The zero-order valence-electron chi connectivity index (χ0n) is 14.0. The van der Waals surface area contributed by atoms with Gasteiger partial charge in [0.15, 0.2) is 0 Å². The van der Waals surface area contributed by atoms with Gasteiger partial charge in [0.2, 0.25) is 0 Å². The number of nitrogens with zero attached hydrogens (tertiary/aromatic N) is 1. The number of halogens is 1. The molecule has 1 unspecified atom stereocenters. The van der Waals surface area contributed by atoms with Gasteiger partial charge in [0.05, 0.1) is 25.9 Å². The summed E-state index contributed by atoms with van der Waals surface area (Å²) in [5.74, 6) is 0.269. The van der Waals surface area contributed by atoms with Crippen molar-refractivity contribution in [3.8, 4) is 0 Å². The summed E-state index contributed by atoms with van der Waals surface area (Å²) in [4.78, 5) is 10.6. The molecule has 0 saturated carbocycles. The van der Waals surface area contributed by atoms with Gasteiger partial charge < -0.3 is 9.47 Å². The Balaban J connectivity index is 1.47. The van der Waals surface area contributed by atoms with Crippen molar-refractivity contribution in [2.24, 2.45) is 5.92 Å². The van der Waals surface area contributed by atoms with Crippen molar-refractivity contribution < 1.29 is 14.3 Å². The SMILES string of the molecule is C[C@H]1CC2[C@@H](COCc3ccccc3)ON[C@@]2(c2nc(Br)cs2)CO1. The third-order valence-corrected chi connectivity index (χ3v) is 6.64. The molecule has 0 amide bonds. The second-order valence-electron chi connectivity index (χ2n) is 6.67. The lowest BCUT2D eigenvalue weighted by atomic mass is 9.77. The second kappa shape index (κ2) is 7.42. The summed E-state index contributed by atoms with van der Waals surface area (Å²) >= 11 is 5.08. The fraction of sp³-hybridized carbons (Fsp3) is 0.500. The molecule has 7 heteroatoms. The second-order valence-corrected chi connectivity index (χ2v) is 8.34. The van der Waals surface area contributed by atoms with Gasteiger partial charge in [0, 0.05) is 11.3 Å². The summed E-state index contributed by atoms with van der Waals surface area (Å²) in [6.45, 7) is 3.82. The summed E-state index contributed by atoms with van der Waals surface area (Å²) in [7, 11) is 0. The number of hydroxylamine groups is 1. The molecule has 2 saturated heterocycles. The van der Waals surface area contributed by atoms with Crippen LogP contribution in [0.1, 0.15) is 23.9 Å². The summed E-state index contributed by atoms with van der Waals surface area (Å²) in [6, 6.07) is 10.2. The van der Waals surface area contributed by atoms with E-state index in [1.54, 1.807) is 11.3 Å². The van der Waals surface area contributed by atoms with Crippen LogP contribution in [0.2, 0.25) is 0 Å². The molecule has 5 nitrogen and oxygen atoms in total. The fourth-order valence-corrected chi connectivity index (χ4v) is 5.04. The molecular formula is C18H21BrN2O3S. The Labute approximate surface area is 159 Å². The normalized spacial score (nSPS) is 31.8. The number of thiazole rings is 1. The van der Waals surface area contributed by atoms with E-state index in [1.165, 1.54) is 5.56 Å². The largest absolute Gasteiger partial charge is 0.376 e. The highest BCUT2D eigenvalue weighted by atomic mass is 79.9. The highest BCUT2D eigenvalue weighted by Gasteiger charge is 2.55. The van der Waals surface area contributed by atoms with Crippen LogP contribution in [0.15, 0.2) is 40.3 Å². The van der Waals surface area contributed by atoms with Crippen LogP contribution < -0.4 is 5.48 Å². The van der Waals surface area contributed by atoms with Crippen molar-refractivity contribution in [3.05, 3.63) is 50.9 Å². The first-order valence-corrected chi connectivity index (χ1v) is 10.1. The van der Waals surface area contributed by atoms with Crippen LogP contribution in [0.5, 0.6) is 0 Å². The van der Waals surface area contributed by atoms with Crippen molar-refractivity contribution in [1.29, 1.82) is 0 Å². The topological polar surface area (TPSA) is 52.6 Å². The lowest BCUT2D eigenvalue weighted by Gasteiger charge is -2.39. The van der Waals surface area contributed by atoms with Crippen molar-refractivity contribution in [1.82, 2.24) is 10.5 Å². The lowest BCUT2D eigenvalue weighted by Crippen LogP contribution is -2.52. The molecular weight excluding hydrogens is 404 g/mol. The molecule has 2 aromatic rings. The van der Waals surface area contributed by atoms with Crippen molar-refractivity contribution >= 4 is 27.3 Å². The average molecular weight is 425 g/mol. The molecule has 4 atom stereocenters. The average Bonchev–Trinajstić information content (AvgIpc) is 3.21. The van der Waals surface area contributed by atoms with E-state index in [9.17, 15) is 0 Å². The van der Waals surface area contributed by atoms with E-state index < -0.39 is 0 Å². The molecule has 2 fully saturated rings. The molecule has 0 aliphatic carbocycles. The van der Waals surface area contributed by atoms with Crippen LogP contribution in [0.4, 0.5) is 0 Å². The van der Waals surface area contributed by atoms with Gasteiger partial charge in [0.25, 0.3) is 0 Å². The van der Waals surface area contributed by atoms with Crippen molar-refractivity contribution in [2.75, 3.05) is 13.2 Å². The van der Waals surface area contributed by atoms with E-state index in [-0.39, 0.29) is 23.7 Å². The monoisotopic (exact) mass is 424 g/mol. The van der Waals surface area contributed by atoms with Crippen LogP contribution in [-0.4, -0.2) is 30.4 Å². The van der Waals surface area contributed by atoms with Gasteiger partial charge in [0.1, 0.15) is 21.3 Å². The fourth-order valence-electron chi connectivity index (χ4n) is 3.59. The zero-order valence-corrected chi connectivity index (χ0v) is 16.4. The standard InChI is InChI=1S/C18H21BrN2O3S/c1-12-7-14-15(9-22-8-13-5-3-2-4-6-13)24-21-18(14,11-23-12)17-20-16(19)10-25-17/h2-6,10,12,14-15,21H,7-9,11H2,1H3/t12-,14?,15+,18-/m0/s1. The van der Waals surface area contributed by atoms with Gasteiger partial charge in [-0.15, -0.1) is 11.3 Å². The summed E-state index contributed by atoms with van der Waals surface area (Å²) < 4.78 is 12.7. The van der Waals surface area contributed by atoms with Gasteiger partial charge in [-0.3, -0.25) is 4.84 Å². The molecule has 3 heterocycles. The molecule has 134 valence electrons. The maximum absolute atomic E-state index is 5.95. The van der Waals surface area contributed by atoms with Crippen LogP contribution >= 0.6 is 27.3 Å². The first-order chi connectivity index (χ1) is 12.2. The number of nitrogens with one attached hydrogen (secondary N) is 1. The molecule has 4 rings (SSSR count). The Morgan fingerprint density at radius 2 is 2.24 bits per heavy atom. The van der Waals surface area contributed by atoms with Gasteiger partial charge >= 0.3 is 0 Å². The maximum Gasteiger partial charge on any atom is 0.123 e. The molecule has 1 aromatic heterocycles. The maximum atomic E-state index is 5.95. The highest BCUT2D eigenvalue weighted by Crippen LogP contribution is 2.45. The van der Waals surface area contributed by atoms with Crippen LogP contribution in [0.25, 0.3) is 0 Å². The Morgan fingerprint density at radius 3 is 3.00 bits per heavy atom. The predicted molar refractivity (Wildman–Crippen MR) is 99.1 cm³/mol. The summed E-state index contributed by atoms with van der Waals surface area (Å²) in [5, 5.41) is 3.00. The molecule has 2 aliphatic heterocycles. The highest BCUT2D eigenvalue weighted by molar-refractivity contribution is 9.10. The quantitative estimate of drug-likeness (QED) is 0.793. The number of aromatic nitrogens is 1. The lowest BCUT2D eigenvalue weighted by molar-refractivity contribution is -0.0604. The van der Waals surface area contributed by atoms with E-state index in [0.717, 1.165) is 16.0 Å². The molecule has 1 N–H and O–H groups in total. The number of benzene rings is 1. The molecule has 2 aliphatic rings. The third-order valence-electron chi connectivity index (χ3n) is 4.91. The van der Waals surface area contributed by atoms with Gasteiger partial charge in [-0.1, -0.05) is 30.3 Å². The summed E-state index contributed by atoms with van der Waals surface area (Å²) in [5.41, 5.74) is 4.03. The van der Waals surface area contributed by atoms with Crippen LogP contribution in [0.3, 0.4) is 0 Å². The van der Waals surface area contributed by atoms with Crippen LogP contribution in [-0.2, 0) is 26.5 Å². The number of fused-ring (bicyclic) bond motifs is 1. The van der Waals surface area contributed by atoms with Crippen molar-refractivity contribution in [2.45, 2.75) is 37.7 Å². The minimum atomic E-state index is -0.385. The van der Waals surface area contributed by atoms with E-state index in [1.807, 2.05) is 23.6 Å². The van der Waals surface area contributed by atoms with Crippen LogP contribution in [0, 0.1) is 5.92 Å². The van der Waals surface area contributed by atoms with E-state index in [0.29, 0.717) is 19.8 Å². The Kier molecular flexibility index (Phi) is 5.22. The Bertz CT molecular complexity index is 713. The van der Waals surface area contributed by atoms with Gasteiger partial charge in [-0.25, -0.2) is 4.98 Å². The number of ether oxygens (including phenoxy) is 2. The molecule has 25 heavy (non-hydrogen) atoms. The Hall–Kier alpha value is -0.830. The first kappa shape index (κ1) is 17.6. The molecule has 0 bridgehead atoms. The molecule has 0 radical (unpaired) electrons. The number of rotatable bonds is 5. The number of hydrogen-bond acceptors (Lipinski definition) is 6. The van der Waals surface area contributed by atoms with E-state index in [4.69, 9.17) is 14.3 Å².